The minimum Gasteiger partial charge on any atom is -0.454 e. The largest absolute Gasteiger partial charge is 0.454 e. The molecule has 5 nitrogen and oxygen atoms in total. The number of halogens is 1. The standard InChI is InChI=1S/C22H22ClN3O2S/c23-19-4-2-1-3-18(19)22-24-17(14-29-22)13-26-9-7-25(8-10-26)12-16-5-6-20-21(11-16)28-15-27-20/h1-6,11,14H,7-10,12-13,15H2. The minimum atomic E-state index is 0.326. The second kappa shape index (κ2) is 8.32. The maximum atomic E-state index is 6.31. The van der Waals surface area contributed by atoms with Crippen molar-refractivity contribution in [3.63, 3.8) is 0 Å². The van der Waals surface area contributed by atoms with Crippen LogP contribution in [0.25, 0.3) is 10.6 Å². The van der Waals surface area contributed by atoms with Gasteiger partial charge in [0.15, 0.2) is 11.5 Å². The Morgan fingerprint density at radius 3 is 2.52 bits per heavy atom. The first-order chi connectivity index (χ1) is 14.2. The van der Waals surface area contributed by atoms with Gasteiger partial charge in [0.1, 0.15) is 5.01 Å². The molecule has 1 fully saturated rings. The van der Waals surface area contributed by atoms with Crippen molar-refractivity contribution >= 4 is 22.9 Å². The number of piperazine rings is 1. The van der Waals surface area contributed by atoms with Crippen LogP contribution in [0.2, 0.25) is 5.02 Å². The Labute approximate surface area is 179 Å². The zero-order valence-electron chi connectivity index (χ0n) is 16.0. The van der Waals surface area contributed by atoms with Gasteiger partial charge in [-0.25, -0.2) is 4.98 Å². The molecule has 0 radical (unpaired) electrons. The molecule has 3 heterocycles. The molecule has 1 aromatic heterocycles. The molecule has 0 bridgehead atoms. The van der Waals surface area contributed by atoms with E-state index in [1.165, 1.54) is 5.56 Å². The summed E-state index contributed by atoms with van der Waals surface area (Å²) in [6.07, 6.45) is 0. The van der Waals surface area contributed by atoms with Crippen molar-refractivity contribution < 1.29 is 9.47 Å². The summed E-state index contributed by atoms with van der Waals surface area (Å²) < 4.78 is 10.9. The highest BCUT2D eigenvalue weighted by Crippen LogP contribution is 2.33. The highest BCUT2D eigenvalue weighted by Gasteiger charge is 2.20. The topological polar surface area (TPSA) is 37.8 Å². The quantitative estimate of drug-likeness (QED) is 0.599. The Balaban J connectivity index is 1.15. The van der Waals surface area contributed by atoms with E-state index in [9.17, 15) is 0 Å². The molecule has 150 valence electrons. The van der Waals surface area contributed by atoms with E-state index in [2.05, 4.69) is 27.3 Å². The molecule has 1 saturated heterocycles. The Kier molecular flexibility index (Phi) is 5.42. The molecule has 0 amide bonds. The molecule has 0 atom stereocenters. The van der Waals surface area contributed by atoms with Gasteiger partial charge in [0, 0.05) is 50.2 Å². The maximum Gasteiger partial charge on any atom is 0.231 e. The van der Waals surface area contributed by atoms with E-state index >= 15 is 0 Å². The number of ether oxygens (including phenoxy) is 2. The average Bonchev–Trinajstić information content (AvgIpc) is 3.39. The second-order valence-electron chi connectivity index (χ2n) is 7.36. The van der Waals surface area contributed by atoms with Crippen LogP contribution in [0.4, 0.5) is 0 Å². The van der Waals surface area contributed by atoms with Crippen LogP contribution in [0.3, 0.4) is 0 Å². The first kappa shape index (κ1) is 18.9. The van der Waals surface area contributed by atoms with E-state index in [1.54, 1.807) is 11.3 Å². The van der Waals surface area contributed by atoms with Crippen molar-refractivity contribution in [3.05, 3.63) is 64.1 Å². The molecule has 0 aliphatic carbocycles. The fraction of sp³-hybridized carbons (Fsp3) is 0.318. The molecule has 0 saturated carbocycles. The summed E-state index contributed by atoms with van der Waals surface area (Å²) in [6, 6.07) is 14.1. The SMILES string of the molecule is Clc1ccccc1-c1nc(CN2CCN(Cc3ccc4c(c3)OCO4)CC2)cs1. The van der Waals surface area contributed by atoms with Crippen LogP contribution in [0.1, 0.15) is 11.3 Å². The van der Waals surface area contributed by atoms with Gasteiger partial charge in [-0.2, -0.15) is 0 Å². The first-order valence-electron chi connectivity index (χ1n) is 9.77. The summed E-state index contributed by atoms with van der Waals surface area (Å²) in [6.45, 7) is 6.35. The smallest absolute Gasteiger partial charge is 0.231 e. The average molecular weight is 428 g/mol. The molecular formula is C22H22ClN3O2S. The third-order valence-corrected chi connectivity index (χ3v) is 6.60. The normalized spacial score (nSPS) is 17.0. The van der Waals surface area contributed by atoms with Gasteiger partial charge >= 0.3 is 0 Å². The number of thiazole rings is 1. The molecule has 2 aliphatic heterocycles. The Morgan fingerprint density at radius 2 is 1.69 bits per heavy atom. The number of fused-ring (bicyclic) bond motifs is 1. The second-order valence-corrected chi connectivity index (χ2v) is 8.63. The van der Waals surface area contributed by atoms with Crippen LogP contribution >= 0.6 is 22.9 Å². The summed E-state index contributed by atoms with van der Waals surface area (Å²) in [5.74, 6) is 1.71. The van der Waals surface area contributed by atoms with Gasteiger partial charge in [-0.05, 0) is 23.8 Å². The molecule has 29 heavy (non-hydrogen) atoms. The predicted molar refractivity (Wildman–Crippen MR) is 116 cm³/mol. The van der Waals surface area contributed by atoms with Crippen LogP contribution < -0.4 is 9.47 Å². The molecular weight excluding hydrogens is 406 g/mol. The number of benzene rings is 2. The van der Waals surface area contributed by atoms with Crippen LogP contribution in [0.5, 0.6) is 11.5 Å². The summed E-state index contributed by atoms with van der Waals surface area (Å²) in [5, 5.41) is 3.90. The van der Waals surface area contributed by atoms with E-state index < -0.39 is 0 Å². The van der Waals surface area contributed by atoms with Gasteiger partial charge < -0.3 is 9.47 Å². The van der Waals surface area contributed by atoms with Gasteiger partial charge in [-0.1, -0.05) is 35.9 Å². The summed E-state index contributed by atoms with van der Waals surface area (Å²) in [4.78, 5) is 9.77. The zero-order chi connectivity index (χ0) is 19.6. The summed E-state index contributed by atoms with van der Waals surface area (Å²) >= 11 is 7.97. The molecule has 0 N–H and O–H groups in total. The van der Waals surface area contributed by atoms with Crippen molar-refractivity contribution in [2.45, 2.75) is 13.1 Å². The van der Waals surface area contributed by atoms with Gasteiger partial charge in [-0.3, -0.25) is 9.80 Å². The number of nitrogens with zero attached hydrogens (tertiary/aromatic N) is 3. The first-order valence-corrected chi connectivity index (χ1v) is 11.0. The van der Waals surface area contributed by atoms with Crippen molar-refractivity contribution in [2.24, 2.45) is 0 Å². The number of hydrogen-bond donors (Lipinski definition) is 0. The minimum absolute atomic E-state index is 0.326. The molecule has 7 heteroatoms. The number of hydrogen-bond acceptors (Lipinski definition) is 6. The maximum absolute atomic E-state index is 6.31. The van der Waals surface area contributed by atoms with Crippen molar-refractivity contribution in [1.82, 2.24) is 14.8 Å². The van der Waals surface area contributed by atoms with E-state index in [0.29, 0.717) is 6.79 Å². The van der Waals surface area contributed by atoms with E-state index in [1.807, 2.05) is 30.3 Å². The van der Waals surface area contributed by atoms with Gasteiger partial charge in [0.05, 0.1) is 10.7 Å². The van der Waals surface area contributed by atoms with Crippen LogP contribution in [0.15, 0.2) is 47.8 Å². The Bertz CT molecular complexity index is 1000. The third kappa shape index (κ3) is 4.26. The fourth-order valence-electron chi connectivity index (χ4n) is 3.77. The lowest BCUT2D eigenvalue weighted by molar-refractivity contribution is 0.121. The zero-order valence-corrected chi connectivity index (χ0v) is 17.6. The molecule has 2 aliphatic rings. The molecule has 2 aromatic carbocycles. The third-order valence-electron chi connectivity index (χ3n) is 5.35. The van der Waals surface area contributed by atoms with E-state index in [-0.39, 0.29) is 0 Å². The van der Waals surface area contributed by atoms with Gasteiger partial charge in [0.25, 0.3) is 0 Å². The highest BCUT2D eigenvalue weighted by atomic mass is 35.5. The van der Waals surface area contributed by atoms with Gasteiger partial charge in [0.2, 0.25) is 6.79 Å². The Hall–Kier alpha value is -2.12. The fourth-order valence-corrected chi connectivity index (χ4v) is 4.90. The van der Waals surface area contributed by atoms with Crippen molar-refractivity contribution in [1.29, 1.82) is 0 Å². The Morgan fingerprint density at radius 1 is 0.931 bits per heavy atom. The predicted octanol–water partition coefficient (Wildman–Crippen LogP) is 4.51. The molecule has 3 aromatic rings. The lowest BCUT2D eigenvalue weighted by Gasteiger charge is -2.34. The molecule has 0 spiro atoms. The summed E-state index contributed by atoms with van der Waals surface area (Å²) in [7, 11) is 0. The van der Waals surface area contributed by atoms with Crippen molar-refractivity contribution in [3.8, 4) is 22.1 Å². The lowest BCUT2D eigenvalue weighted by Crippen LogP contribution is -2.45. The number of rotatable bonds is 5. The van der Waals surface area contributed by atoms with Crippen molar-refractivity contribution in [2.75, 3.05) is 33.0 Å². The van der Waals surface area contributed by atoms with Gasteiger partial charge in [-0.15, -0.1) is 11.3 Å². The molecule has 0 unspecified atom stereocenters. The molecule has 5 rings (SSSR count). The number of aromatic nitrogens is 1. The van der Waals surface area contributed by atoms with E-state index in [4.69, 9.17) is 26.1 Å². The van der Waals surface area contributed by atoms with Crippen LogP contribution in [-0.2, 0) is 13.1 Å². The lowest BCUT2D eigenvalue weighted by atomic mass is 10.1. The highest BCUT2D eigenvalue weighted by molar-refractivity contribution is 7.13. The summed E-state index contributed by atoms with van der Waals surface area (Å²) in [5.41, 5.74) is 3.40. The van der Waals surface area contributed by atoms with Crippen LogP contribution in [-0.4, -0.2) is 47.8 Å². The van der Waals surface area contributed by atoms with Crippen LogP contribution in [0, 0.1) is 0 Å². The van der Waals surface area contributed by atoms with E-state index in [0.717, 1.165) is 72.1 Å². The monoisotopic (exact) mass is 427 g/mol.